The third-order valence-corrected chi connectivity index (χ3v) is 4.28. The highest BCUT2D eigenvalue weighted by molar-refractivity contribution is 6.00. The maximum absolute atomic E-state index is 11.9. The molecule has 1 saturated heterocycles. The molecule has 1 unspecified atom stereocenters. The van der Waals surface area contributed by atoms with Gasteiger partial charge in [-0.05, 0) is 37.0 Å². The number of nitrogens with one attached hydrogen (secondary N) is 2. The number of piperidine rings is 1. The van der Waals surface area contributed by atoms with E-state index in [4.69, 9.17) is 9.84 Å². The fraction of sp³-hybridized carbons (Fsp3) is 0.474. The van der Waals surface area contributed by atoms with Gasteiger partial charge >= 0.3 is 5.97 Å². The molecule has 1 aliphatic rings. The molecule has 1 heterocycles. The van der Waals surface area contributed by atoms with Gasteiger partial charge in [0.2, 0.25) is 11.8 Å². The van der Waals surface area contributed by atoms with Gasteiger partial charge < -0.3 is 15.2 Å². The summed E-state index contributed by atoms with van der Waals surface area (Å²) < 4.78 is 5.42. The van der Waals surface area contributed by atoms with E-state index in [2.05, 4.69) is 10.6 Å². The van der Waals surface area contributed by atoms with Crippen molar-refractivity contribution in [2.75, 3.05) is 13.2 Å². The van der Waals surface area contributed by atoms with Crippen LogP contribution in [0, 0.1) is 0 Å². The Labute approximate surface area is 157 Å². The summed E-state index contributed by atoms with van der Waals surface area (Å²) in [5, 5.41) is 13.6. The van der Waals surface area contributed by atoms with E-state index in [1.54, 1.807) is 24.3 Å². The van der Waals surface area contributed by atoms with E-state index in [1.165, 1.54) is 0 Å². The van der Waals surface area contributed by atoms with Crippen molar-refractivity contribution in [1.82, 2.24) is 10.6 Å². The van der Waals surface area contributed by atoms with Gasteiger partial charge in [-0.25, -0.2) is 0 Å². The summed E-state index contributed by atoms with van der Waals surface area (Å²) in [4.78, 5) is 45.2. The topological polar surface area (TPSA) is 122 Å². The second-order valence-electron chi connectivity index (χ2n) is 6.42. The summed E-state index contributed by atoms with van der Waals surface area (Å²) in [5.74, 6) is -1.42. The highest BCUT2D eigenvalue weighted by Crippen LogP contribution is 2.26. The zero-order valence-electron chi connectivity index (χ0n) is 15.0. The maximum atomic E-state index is 11.9. The molecule has 1 aliphatic heterocycles. The van der Waals surface area contributed by atoms with Crippen LogP contribution in [0.1, 0.15) is 50.0 Å². The van der Waals surface area contributed by atoms with Crippen molar-refractivity contribution in [3.05, 3.63) is 29.8 Å². The highest BCUT2D eigenvalue weighted by atomic mass is 16.5. The van der Waals surface area contributed by atoms with Crippen LogP contribution in [0.5, 0.6) is 5.75 Å². The molecule has 1 aromatic rings. The summed E-state index contributed by atoms with van der Waals surface area (Å²) in [6.07, 6.45) is 3.02. The molecular formula is C19H24N2O6. The second-order valence-corrected chi connectivity index (χ2v) is 6.42. The minimum atomic E-state index is -0.809. The van der Waals surface area contributed by atoms with Crippen molar-refractivity contribution < 1.29 is 29.0 Å². The number of carbonyl (C=O) groups is 4. The Balaban J connectivity index is 1.67. The van der Waals surface area contributed by atoms with Gasteiger partial charge in [0.15, 0.2) is 6.61 Å². The van der Waals surface area contributed by atoms with E-state index in [-0.39, 0.29) is 36.7 Å². The van der Waals surface area contributed by atoms with Crippen LogP contribution in [0.2, 0.25) is 0 Å². The van der Waals surface area contributed by atoms with Gasteiger partial charge in [0, 0.05) is 19.4 Å². The van der Waals surface area contributed by atoms with Gasteiger partial charge in [0.25, 0.3) is 5.91 Å². The normalized spacial score (nSPS) is 16.5. The van der Waals surface area contributed by atoms with Crippen LogP contribution >= 0.6 is 0 Å². The predicted octanol–water partition coefficient (Wildman–Crippen LogP) is 1.35. The predicted molar refractivity (Wildman–Crippen MR) is 96.2 cm³/mol. The van der Waals surface area contributed by atoms with Crippen molar-refractivity contribution >= 4 is 23.7 Å². The van der Waals surface area contributed by atoms with Crippen molar-refractivity contribution in [1.29, 1.82) is 0 Å². The molecule has 0 aliphatic carbocycles. The average Bonchev–Trinajstić information content (AvgIpc) is 2.63. The first-order chi connectivity index (χ1) is 13.0. The van der Waals surface area contributed by atoms with Crippen LogP contribution in [0.3, 0.4) is 0 Å². The van der Waals surface area contributed by atoms with Crippen LogP contribution in [-0.2, 0) is 19.2 Å². The molecule has 146 valence electrons. The summed E-state index contributed by atoms with van der Waals surface area (Å²) in [5.41, 5.74) is 0.804. The largest absolute Gasteiger partial charge is 0.484 e. The fourth-order valence-electron chi connectivity index (χ4n) is 2.81. The fourth-order valence-corrected chi connectivity index (χ4v) is 2.81. The average molecular weight is 376 g/mol. The molecule has 1 aromatic carbocycles. The molecule has 27 heavy (non-hydrogen) atoms. The zero-order valence-corrected chi connectivity index (χ0v) is 15.0. The molecule has 0 aromatic heterocycles. The third-order valence-electron chi connectivity index (χ3n) is 4.28. The van der Waals surface area contributed by atoms with Crippen molar-refractivity contribution in [3.63, 3.8) is 0 Å². The Morgan fingerprint density at radius 3 is 2.56 bits per heavy atom. The molecular weight excluding hydrogens is 352 g/mol. The Morgan fingerprint density at radius 2 is 1.89 bits per heavy atom. The standard InChI is InChI=1S/C19H24N2O6/c22-16-10-9-15(19(26)21-16)13-5-7-14(8-6-13)27-12-17(23)20-11-3-1-2-4-18(24)25/h5-8,15H,1-4,9-12H2,(H,20,23)(H,24,25)(H,21,22,26). The molecule has 3 amide bonds. The number of aliphatic carboxylic acids is 1. The highest BCUT2D eigenvalue weighted by Gasteiger charge is 2.27. The number of hydrogen-bond acceptors (Lipinski definition) is 5. The zero-order chi connectivity index (χ0) is 19.6. The van der Waals surface area contributed by atoms with Crippen molar-refractivity contribution in [3.8, 4) is 5.75 Å². The van der Waals surface area contributed by atoms with Crippen LogP contribution < -0.4 is 15.4 Å². The second kappa shape index (κ2) is 10.3. The quantitative estimate of drug-likeness (QED) is 0.418. The van der Waals surface area contributed by atoms with Gasteiger partial charge in [0.1, 0.15) is 5.75 Å². The van der Waals surface area contributed by atoms with Crippen LogP contribution in [0.15, 0.2) is 24.3 Å². The molecule has 2 rings (SSSR count). The number of imide groups is 1. The minimum absolute atomic E-state index is 0.118. The first kappa shape index (κ1) is 20.4. The van der Waals surface area contributed by atoms with Gasteiger partial charge in [0.05, 0.1) is 5.92 Å². The van der Waals surface area contributed by atoms with Crippen molar-refractivity contribution in [2.24, 2.45) is 0 Å². The van der Waals surface area contributed by atoms with Gasteiger partial charge in [-0.15, -0.1) is 0 Å². The number of rotatable bonds is 10. The van der Waals surface area contributed by atoms with Crippen LogP contribution in [0.4, 0.5) is 0 Å². The smallest absolute Gasteiger partial charge is 0.303 e. The summed E-state index contributed by atoms with van der Waals surface area (Å²) in [7, 11) is 0. The van der Waals surface area contributed by atoms with Crippen molar-refractivity contribution in [2.45, 2.75) is 44.4 Å². The molecule has 1 atom stereocenters. The number of hydrogen-bond donors (Lipinski definition) is 3. The van der Waals surface area contributed by atoms with Gasteiger partial charge in [-0.2, -0.15) is 0 Å². The van der Waals surface area contributed by atoms with E-state index >= 15 is 0 Å². The number of carboxylic acids is 1. The Kier molecular flexibility index (Phi) is 7.79. The lowest BCUT2D eigenvalue weighted by molar-refractivity contribution is -0.137. The van der Waals surface area contributed by atoms with E-state index in [1.807, 2.05) is 0 Å². The number of ether oxygens (including phenoxy) is 1. The molecule has 8 nitrogen and oxygen atoms in total. The third kappa shape index (κ3) is 7.08. The van der Waals surface area contributed by atoms with E-state index in [9.17, 15) is 19.2 Å². The molecule has 8 heteroatoms. The lowest BCUT2D eigenvalue weighted by Crippen LogP contribution is -2.39. The van der Waals surface area contributed by atoms with E-state index < -0.39 is 5.97 Å². The summed E-state index contributed by atoms with van der Waals surface area (Å²) in [6, 6.07) is 6.90. The molecule has 0 saturated carbocycles. The molecule has 0 radical (unpaired) electrons. The lowest BCUT2D eigenvalue weighted by Gasteiger charge is -2.21. The SMILES string of the molecule is O=C(O)CCCCCNC(=O)COc1ccc(C2CCC(=O)NC2=O)cc1. The molecule has 1 fully saturated rings. The first-order valence-corrected chi connectivity index (χ1v) is 9.00. The monoisotopic (exact) mass is 376 g/mol. The number of amides is 3. The number of benzene rings is 1. The molecule has 0 bridgehead atoms. The maximum Gasteiger partial charge on any atom is 0.303 e. The Hall–Kier alpha value is -2.90. The Bertz CT molecular complexity index is 686. The van der Waals surface area contributed by atoms with Gasteiger partial charge in [-0.1, -0.05) is 18.6 Å². The van der Waals surface area contributed by atoms with Gasteiger partial charge in [-0.3, -0.25) is 24.5 Å². The number of carbonyl (C=O) groups excluding carboxylic acids is 3. The van der Waals surface area contributed by atoms with Crippen LogP contribution in [0.25, 0.3) is 0 Å². The minimum Gasteiger partial charge on any atom is -0.484 e. The number of unbranched alkanes of at least 4 members (excludes halogenated alkanes) is 2. The van der Waals surface area contributed by atoms with E-state index in [0.29, 0.717) is 31.6 Å². The summed E-state index contributed by atoms with van der Waals surface area (Å²) in [6.45, 7) is 0.364. The summed E-state index contributed by atoms with van der Waals surface area (Å²) >= 11 is 0. The Morgan fingerprint density at radius 1 is 1.15 bits per heavy atom. The first-order valence-electron chi connectivity index (χ1n) is 9.00. The van der Waals surface area contributed by atoms with Crippen LogP contribution in [-0.4, -0.2) is 41.9 Å². The number of carboxylic acid groups (broad SMARTS) is 1. The molecule has 3 N–H and O–H groups in total. The molecule has 0 spiro atoms. The van der Waals surface area contributed by atoms with E-state index in [0.717, 1.165) is 18.4 Å². The lowest BCUT2D eigenvalue weighted by atomic mass is 9.90.